The average Bonchev–Trinajstić information content (AvgIpc) is 2.75. The van der Waals surface area contributed by atoms with Crippen LogP contribution in [0.15, 0.2) is 72.8 Å². The molecule has 0 heterocycles. The van der Waals surface area contributed by atoms with Crippen LogP contribution in [-0.2, 0) is 22.7 Å². The number of hydrogen-bond donors (Lipinski definition) is 0. The van der Waals surface area contributed by atoms with Crippen LogP contribution in [0.25, 0.3) is 0 Å². The van der Waals surface area contributed by atoms with Gasteiger partial charge >= 0.3 is 11.9 Å². The molecular weight excluding hydrogens is 404 g/mol. The molecule has 0 N–H and O–H groups in total. The number of ether oxygens (including phenoxy) is 2. The highest BCUT2D eigenvalue weighted by Crippen LogP contribution is 2.41. The summed E-state index contributed by atoms with van der Waals surface area (Å²) >= 11 is 0. The number of esters is 2. The average molecular weight is 433 g/mol. The molecule has 6 heteroatoms. The first-order chi connectivity index (χ1) is 15.3. The summed E-state index contributed by atoms with van der Waals surface area (Å²) in [5.74, 6) is -0.0315. The van der Waals surface area contributed by atoms with Crippen LogP contribution in [0.3, 0.4) is 0 Å². The summed E-state index contributed by atoms with van der Waals surface area (Å²) in [6.07, 6.45) is 0. The Balaban J connectivity index is 2.02. The molecule has 0 aliphatic heterocycles. The Kier molecular flexibility index (Phi) is 7.49. The van der Waals surface area contributed by atoms with Crippen molar-refractivity contribution in [2.45, 2.75) is 26.9 Å². The molecule has 3 aromatic rings. The summed E-state index contributed by atoms with van der Waals surface area (Å²) in [7, 11) is 3.81. The van der Waals surface area contributed by atoms with Gasteiger partial charge in [-0.25, -0.2) is 0 Å². The van der Waals surface area contributed by atoms with E-state index < -0.39 is 11.9 Å². The maximum atomic E-state index is 11.8. The van der Waals surface area contributed by atoms with Crippen LogP contribution < -0.4 is 19.3 Å². The van der Waals surface area contributed by atoms with E-state index >= 15 is 0 Å². The quantitative estimate of drug-likeness (QED) is 0.376. The Hall–Kier alpha value is -3.80. The maximum Gasteiger partial charge on any atom is 0.308 e. The number of rotatable bonds is 8. The lowest BCUT2D eigenvalue weighted by molar-refractivity contribution is -0.133. The molecule has 0 saturated heterocycles. The summed E-state index contributed by atoms with van der Waals surface area (Å²) in [5, 5.41) is 0. The molecule has 6 nitrogen and oxygen atoms in total. The number of nitrogens with zero attached hydrogens (tertiary/aromatic N) is 2. The molecule has 0 radical (unpaired) electrons. The van der Waals surface area contributed by atoms with E-state index in [0.717, 1.165) is 11.1 Å². The summed E-state index contributed by atoms with van der Waals surface area (Å²) in [4.78, 5) is 27.6. The van der Waals surface area contributed by atoms with E-state index in [-0.39, 0.29) is 0 Å². The van der Waals surface area contributed by atoms with E-state index in [1.54, 1.807) is 12.1 Å². The summed E-state index contributed by atoms with van der Waals surface area (Å²) in [6.45, 7) is 3.92. The van der Waals surface area contributed by atoms with Gasteiger partial charge in [0.15, 0.2) is 11.5 Å². The van der Waals surface area contributed by atoms with Crippen molar-refractivity contribution in [1.82, 2.24) is 0 Å². The van der Waals surface area contributed by atoms with Crippen LogP contribution in [0.2, 0.25) is 0 Å². The highest BCUT2D eigenvalue weighted by Gasteiger charge is 2.20. The van der Waals surface area contributed by atoms with Crippen molar-refractivity contribution in [3.8, 4) is 11.5 Å². The van der Waals surface area contributed by atoms with Gasteiger partial charge in [-0.05, 0) is 11.1 Å². The van der Waals surface area contributed by atoms with Gasteiger partial charge in [0, 0.05) is 53.2 Å². The van der Waals surface area contributed by atoms with Gasteiger partial charge in [-0.2, -0.15) is 0 Å². The third-order valence-electron chi connectivity index (χ3n) is 4.90. The highest BCUT2D eigenvalue weighted by molar-refractivity contribution is 5.80. The third-order valence-corrected chi connectivity index (χ3v) is 4.90. The van der Waals surface area contributed by atoms with Crippen molar-refractivity contribution in [2.75, 3.05) is 23.9 Å². The molecule has 0 amide bonds. The molecule has 0 aromatic heterocycles. The zero-order valence-corrected chi connectivity index (χ0v) is 18.9. The number of carbonyl (C=O) groups excluding carboxylic acids is 2. The molecule has 0 aliphatic rings. The van der Waals surface area contributed by atoms with Crippen LogP contribution in [0, 0.1) is 0 Å². The largest absolute Gasteiger partial charge is 0.424 e. The Morgan fingerprint density at radius 2 is 1.00 bits per heavy atom. The number of carbonyl (C=O) groups is 2. The van der Waals surface area contributed by atoms with E-state index in [1.807, 2.05) is 84.6 Å². The summed E-state index contributed by atoms with van der Waals surface area (Å²) in [5.41, 5.74) is 3.50. The van der Waals surface area contributed by atoms with Gasteiger partial charge in [0.1, 0.15) is 0 Å². The lowest BCUT2D eigenvalue weighted by Crippen LogP contribution is -2.21. The fraction of sp³-hybridized carbons (Fsp3) is 0.231. The lowest BCUT2D eigenvalue weighted by Gasteiger charge is -2.27. The highest BCUT2D eigenvalue weighted by atomic mass is 16.5. The van der Waals surface area contributed by atoms with Crippen molar-refractivity contribution in [1.29, 1.82) is 0 Å². The minimum absolute atomic E-state index is 0.404. The standard InChI is InChI=1S/C26H28N2O4/c1-19(29)31-25-15-24(28(4)18-22-13-9-6-10-14-22)26(32-20(2)30)16-23(25)27(3)17-21-11-7-5-8-12-21/h5-16H,17-18H2,1-4H3. The molecule has 32 heavy (non-hydrogen) atoms. The lowest BCUT2D eigenvalue weighted by atomic mass is 10.1. The fourth-order valence-corrected chi connectivity index (χ4v) is 3.49. The molecule has 0 unspecified atom stereocenters. The molecular formula is C26H28N2O4. The fourth-order valence-electron chi connectivity index (χ4n) is 3.49. The number of anilines is 2. The van der Waals surface area contributed by atoms with E-state index in [2.05, 4.69) is 0 Å². The van der Waals surface area contributed by atoms with Crippen LogP contribution in [0.5, 0.6) is 11.5 Å². The van der Waals surface area contributed by atoms with Crippen LogP contribution in [0.4, 0.5) is 11.4 Å². The summed E-state index contributed by atoms with van der Waals surface area (Å²) in [6, 6.07) is 23.4. The predicted molar refractivity (Wildman–Crippen MR) is 126 cm³/mol. The zero-order valence-electron chi connectivity index (χ0n) is 18.9. The van der Waals surface area contributed by atoms with Crippen molar-refractivity contribution in [3.63, 3.8) is 0 Å². The predicted octanol–water partition coefficient (Wildman–Crippen LogP) is 4.81. The Morgan fingerprint density at radius 1 is 0.656 bits per heavy atom. The first-order valence-electron chi connectivity index (χ1n) is 10.4. The normalized spacial score (nSPS) is 10.4. The number of hydrogen-bond acceptors (Lipinski definition) is 6. The summed E-state index contributed by atoms with van der Waals surface area (Å²) < 4.78 is 11.1. The maximum absolute atomic E-state index is 11.8. The molecule has 166 valence electrons. The SMILES string of the molecule is CC(=O)Oc1cc(N(C)Cc2ccccc2)c(OC(C)=O)cc1N(C)Cc1ccccc1. The number of benzene rings is 3. The van der Waals surface area contributed by atoms with E-state index in [4.69, 9.17) is 9.47 Å². The molecule has 0 fully saturated rings. The van der Waals surface area contributed by atoms with E-state index in [9.17, 15) is 9.59 Å². The van der Waals surface area contributed by atoms with Crippen LogP contribution >= 0.6 is 0 Å². The van der Waals surface area contributed by atoms with Gasteiger partial charge < -0.3 is 19.3 Å². The topological polar surface area (TPSA) is 59.1 Å². The first-order valence-corrected chi connectivity index (χ1v) is 10.4. The molecule has 0 atom stereocenters. The molecule has 3 aromatic carbocycles. The minimum Gasteiger partial charge on any atom is -0.424 e. The smallest absolute Gasteiger partial charge is 0.308 e. The molecule has 0 aliphatic carbocycles. The minimum atomic E-state index is -0.420. The molecule has 0 bridgehead atoms. The molecule has 0 saturated carbocycles. The Morgan fingerprint density at radius 3 is 1.31 bits per heavy atom. The second-order valence-electron chi connectivity index (χ2n) is 7.66. The van der Waals surface area contributed by atoms with Crippen molar-refractivity contribution >= 4 is 23.3 Å². The van der Waals surface area contributed by atoms with Gasteiger partial charge in [-0.15, -0.1) is 0 Å². The Bertz CT molecular complexity index is 981. The van der Waals surface area contributed by atoms with Gasteiger partial charge in [0.25, 0.3) is 0 Å². The van der Waals surface area contributed by atoms with Crippen molar-refractivity contribution < 1.29 is 19.1 Å². The van der Waals surface area contributed by atoms with Gasteiger partial charge in [-0.3, -0.25) is 9.59 Å². The Labute approximate surface area is 189 Å². The van der Waals surface area contributed by atoms with E-state index in [0.29, 0.717) is 36.0 Å². The molecule has 3 rings (SSSR count). The third kappa shape index (κ3) is 6.11. The van der Waals surface area contributed by atoms with Gasteiger partial charge in [-0.1, -0.05) is 60.7 Å². The van der Waals surface area contributed by atoms with Crippen LogP contribution in [-0.4, -0.2) is 26.0 Å². The van der Waals surface area contributed by atoms with Crippen molar-refractivity contribution in [3.05, 3.63) is 83.9 Å². The first kappa shape index (κ1) is 22.9. The molecule has 0 spiro atoms. The second kappa shape index (κ2) is 10.5. The van der Waals surface area contributed by atoms with Gasteiger partial charge in [0.05, 0.1) is 11.4 Å². The van der Waals surface area contributed by atoms with Gasteiger partial charge in [0.2, 0.25) is 0 Å². The monoisotopic (exact) mass is 432 g/mol. The van der Waals surface area contributed by atoms with Crippen molar-refractivity contribution in [2.24, 2.45) is 0 Å². The van der Waals surface area contributed by atoms with Crippen LogP contribution in [0.1, 0.15) is 25.0 Å². The second-order valence-corrected chi connectivity index (χ2v) is 7.66. The van der Waals surface area contributed by atoms with E-state index in [1.165, 1.54) is 13.8 Å². The zero-order chi connectivity index (χ0) is 23.1.